The van der Waals surface area contributed by atoms with E-state index in [0.717, 1.165) is 54.2 Å². The van der Waals surface area contributed by atoms with Crippen LogP contribution in [0.3, 0.4) is 0 Å². The lowest BCUT2D eigenvalue weighted by atomic mass is 10.0. The van der Waals surface area contributed by atoms with Crippen molar-refractivity contribution in [1.82, 2.24) is 25.0 Å². The van der Waals surface area contributed by atoms with Crippen LogP contribution in [0.1, 0.15) is 31.2 Å². The maximum atomic E-state index is 5.56. The minimum Gasteiger partial charge on any atom is -0.368 e. The Morgan fingerprint density at radius 1 is 0.811 bits per heavy atom. The highest BCUT2D eigenvalue weighted by Crippen LogP contribution is 2.30. The van der Waals surface area contributed by atoms with Gasteiger partial charge in [-0.1, -0.05) is 43.3 Å². The average Bonchev–Trinajstić information content (AvgIpc) is 3.42. The molecule has 1 aliphatic heterocycles. The standard InChI is InChI=1S/C30H30N6O/c1-21(2)22-3-5-24(6-4-22)30-33-29(34-37-30)20-35-15-17-36(18-16-35)28-11-14-32-27-19-25(7-8-26(27)28)23-9-12-31-13-10-23/h3-14,19,21H,15-18,20H2,1-2H3. The number of piperazine rings is 1. The lowest BCUT2D eigenvalue weighted by Crippen LogP contribution is -2.46. The predicted molar refractivity (Wildman–Crippen MR) is 146 cm³/mol. The largest absolute Gasteiger partial charge is 0.368 e. The Labute approximate surface area is 216 Å². The number of anilines is 1. The summed E-state index contributed by atoms with van der Waals surface area (Å²) in [6.07, 6.45) is 5.56. The highest BCUT2D eigenvalue weighted by Gasteiger charge is 2.21. The van der Waals surface area contributed by atoms with Crippen molar-refractivity contribution in [3.63, 3.8) is 0 Å². The first kappa shape index (κ1) is 23.3. The van der Waals surface area contributed by atoms with Crippen LogP contribution < -0.4 is 4.90 Å². The fourth-order valence-corrected chi connectivity index (χ4v) is 4.93. The van der Waals surface area contributed by atoms with E-state index in [1.165, 1.54) is 16.6 Å². The molecule has 186 valence electrons. The van der Waals surface area contributed by atoms with Gasteiger partial charge >= 0.3 is 0 Å². The second kappa shape index (κ2) is 10.1. The van der Waals surface area contributed by atoms with E-state index in [9.17, 15) is 0 Å². The van der Waals surface area contributed by atoms with Crippen molar-refractivity contribution >= 4 is 16.6 Å². The molecule has 0 N–H and O–H groups in total. The molecular weight excluding hydrogens is 460 g/mol. The fraction of sp³-hybridized carbons (Fsp3) is 0.267. The molecule has 0 amide bonds. The molecular formula is C30H30N6O. The van der Waals surface area contributed by atoms with Crippen molar-refractivity contribution in [3.05, 3.63) is 90.6 Å². The highest BCUT2D eigenvalue weighted by atomic mass is 16.5. The first-order valence-electron chi connectivity index (χ1n) is 12.8. The molecule has 1 saturated heterocycles. The van der Waals surface area contributed by atoms with Crippen molar-refractivity contribution in [1.29, 1.82) is 0 Å². The second-order valence-corrected chi connectivity index (χ2v) is 9.85. The summed E-state index contributed by atoms with van der Waals surface area (Å²) in [7, 11) is 0. The van der Waals surface area contributed by atoms with Gasteiger partial charge in [-0.2, -0.15) is 4.98 Å². The SMILES string of the molecule is CC(C)c1ccc(-c2nc(CN3CCN(c4ccnc5cc(-c6ccncc6)ccc45)CC3)no2)cc1. The number of aromatic nitrogens is 4. The van der Waals surface area contributed by atoms with E-state index in [1.54, 1.807) is 0 Å². The molecule has 1 fully saturated rings. The fourth-order valence-electron chi connectivity index (χ4n) is 4.93. The Hall–Kier alpha value is -4.10. The monoisotopic (exact) mass is 490 g/mol. The molecule has 0 saturated carbocycles. The minimum atomic E-state index is 0.501. The van der Waals surface area contributed by atoms with Crippen LogP contribution in [-0.4, -0.2) is 51.2 Å². The molecule has 4 heterocycles. The van der Waals surface area contributed by atoms with Gasteiger partial charge in [0.1, 0.15) is 0 Å². The predicted octanol–water partition coefficient (Wildman–Crippen LogP) is 5.79. The molecule has 0 radical (unpaired) electrons. The van der Waals surface area contributed by atoms with E-state index >= 15 is 0 Å². The summed E-state index contributed by atoms with van der Waals surface area (Å²) in [6, 6.07) is 21.1. The van der Waals surface area contributed by atoms with Gasteiger partial charge in [-0.3, -0.25) is 14.9 Å². The number of pyridine rings is 2. The summed E-state index contributed by atoms with van der Waals surface area (Å²) in [6.45, 7) is 8.82. The zero-order valence-electron chi connectivity index (χ0n) is 21.2. The maximum absolute atomic E-state index is 5.56. The highest BCUT2D eigenvalue weighted by molar-refractivity contribution is 5.94. The van der Waals surface area contributed by atoms with E-state index in [-0.39, 0.29) is 0 Å². The Bertz CT molecular complexity index is 1490. The van der Waals surface area contributed by atoms with Crippen molar-refractivity contribution in [2.45, 2.75) is 26.3 Å². The van der Waals surface area contributed by atoms with Crippen LogP contribution >= 0.6 is 0 Å². The lowest BCUT2D eigenvalue weighted by molar-refractivity contribution is 0.240. The number of nitrogens with zero attached hydrogens (tertiary/aromatic N) is 6. The first-order valence-corrected chi connectivity index (χ1v) is 12.8. The van der Waals surface area contributed by atoms with Crippen molar-refractivity contribution in [2.24, 2.45) is 0 Å². The van der Waals surface area contributed by atoms with Crippen LogP contribution in [0.5, 0.6) is 0 Å². The Morgan fingerprint density at radius 3 is 2.32 bits per heavy atom. The summed E-state index contributed by atoms with van der Waals surface area (Å²) < 4.78 is 5.56. The molecule has 0 atom stereocenters. The quantitative estimate of drug-likeness (QED) is 0.298. The van der Waals surface area contributed by atoms with Gasteiger partial charge in [0.2, 0.25) is 0 Å². The van der Waals surface area contributed by atoms with Gasteiger partial charge in [0.25, 0.3) is 5.89 Å². The minimum absolute atomic E-state index is 0.501. The molecule has 7 heteroatoms. The molecule has 2 aromatic carbocycles. The molecule has 3 aromatic heterocycles. The summed E-state index contributed by atoms with van der Waals surface area (Å²) >= 11 is 0. The first-order chi connectivity index (χ1) is 18.1. The van der Waals surface area contributed by atoms with Gasteiger partial charge < -0.3 is 9.42 Å². The number of fused-ring (bicyclic) bond motifs is 1. The summed E-state index contributed by atoms with van der Waals surface area (Å²) in [5.74, 6) is 1.81. The molecule has 0 aliphatic carbocycles. The third-order valence-corrected chi connectivity index (χ3v) is 7.10. The Balaban J connectivity index is 1.11. The van der Waals surface area contributed by atoms with Crippen LogP contribution in [-0.2, 0) is 6.54 Å². The van der Waals surface area contributed by atoms with E-state index in [0.29, 0.717) is 18.4 Å². The molecule has 0 bridgehead atoms. The van der Waals surface area contributed by atoms with Gasteiger partial charge in [0, 0.05) is 61.4 Å². The van der Waals surface area contributed by atoms with Gasteiger partial charge in [0.05, 0.1) is 12.1 Å². The van der Waals surface area contributed by atoms with E-state index in [1.807, 2.05) is 30.7 Å². The van der Waals surface area contributed by atoms with Crippen LogP contribution in [0.25, 0.3) is 33.5 Å². The zero-order valence-corrected chi connectivity index (χ0v) is 21.2. The van der Waals surface area contributed by atoms with Crippen molar-refractivity contribution in [3.8, 4) is 22.6 Å². The van der Waals surface area contributed by atoms with E-state index < -0.39 is 0 Å². The van der Waals surface area contributed by atoms with Gasteiger partial charge in [0.15, 0.2) is 5.82 Å². The van der Waals surface area contributed by atoms with Crippen LogP contribution in [0.4, 0.5) is 5.69 Å². The van der Waals surface area contributed by atoms with Crippen LogP contribution in [0, 0.1) is 0 Å². The summed E-state index contributed by atoms with van der Waals surface area (Å²) in [5, 5.41) is 5.42. The van der Waals surface area contributed by atoms with Crippen molar-refractivity contribution in [2.75, 3.05) is 31.1 Å². The number of hydrogen-bond donors (Lipinski definition) is 0. The number of hydrogen-bond acceptors (Lipinski definition) is 7. The summed E-state index contributed by atoms with van der Waals surface area (Å²) in [5.41, 5.74) is 6.81. The van der Waals surface area contributed by atoms with E-state index in [4.69, 9.17) is 4.52 Å². The van der Waals surface area contributed by atoms with Gasteiger partial charge in [-0.05, 0) is 59.0 Å². The third-order valence-electron chi connectivity index (χ3n) is 7.10. The molecule has 0 spiro atoms. The molecule has 5 aromatic rings. The molecule has 37 heavy (non-hydrogen) atoms. The smallest absolute Gasteiger partial charge is 0.257 e. The Morgan fingerprint density at radius 2 is 1.57 bits per heavy atom. The second-order valence-electron chi connectivity index (χ2n) is 9.85. The topological polar surface area (TPSA) is 71.2 Å². The number of benzene rings is 2. The van der Waals surface area contributed by atoms with Gasteiger partial charge in [-0.25, -0.2) is 0 Å². The molecule has 6 rings (SSSR count). The third kappa shape index (κ3) is 4.95. The zero-order chi connectivity index (χ0) is 25.2. The van der Waals surface area contributed by atoms with Crippen molar-refractivity contribution < 1.29 is 4.52 Å². The Kier molecular flexibility index (Phi) is 6.37. The maximum Gasteiger partial charge on any atom is 0.257 e. The van der Waals surface area contributed by atoms with Crippen LogP contribution in [0.15, 0.2) is 83.8 Å². The van der Waals surface area contributed by atoms with E-state index in [2.05, 4.69) is 92.3 Å². The molecule has 0 unspecified atom stereocenters. The normalized spacial score (nSPS) is 14.5. The number of rotatable bonds is 6. The van der Waals surface area contributed by atoms with Gasteiger partial charge in [-0.15, -0.1) is 0 Å². The molecule has 7 nitrogen and oxygen atoms in total. The average molecular weight is 491 g/mol. The molecule has 1 aliphatic rings. The lowest BCUT2D eigenvalue weighted by Gasteiger charge is -2.36. The summed E-state index contributed by atoms with van der Waals surface area (Å²) in [4.78, 5) is 18.3. The van der Waals surface area contributed by atoms with Crippen LogP contribution in [0.2, 0.25) is 0 Å².